The third-order valence-corrected chi connectivity index (χ3v) is 4.50. The molecule has 0 bridgehead atoms. The van der Waals surface area contributed by atoms with E-state index < -0.39 is 12.2 Å². The van der Waals surface area contributed by atoms with E-state index in [4.69, 9.17) is 10.2 Å². The number of fused-ring (bicyclic) bond motifs is 1. The van der Waals surface area contributed by atoms with Crippen LogP contribution in [0.4, 0.5) is 4.79 Å². The lowest BCUT2D eigenvalue weighted by molar-refractivity contribution is 0.185. The van der Waals surface area contributed by atoms with Gasteiger partial charge in [-0.05, 0) is 31.4 Å². The maximum absolute atomic E-state index is 10.9. The minimum absolute atomic E-state index is 0.0735. The Kier molecular flexibility index (Phi) is 5.73. The monoisotopic (exact) mass is 369 g/mol. The van der Waals surface area contributed by atoms with Crippen molar-refractivity contribution in [2.24, 2.45) is 0 Å². The number of pyridine rings is 1. The molecule has 142 valence electrons. The van der Waals surface area contributed by atoms with Crippen LogP contribution in [-0.4, -0.2) is 43.4 Å². The zero-order chi connectivity index (χ0) is 19.4. The van der Waals surface area contributed by atoms with Crippen molar-refractivity contribution >= 4 is 11.7 Å². The second-order valence-electron chi connectivity index (χ2n) is 6.56. The SMILES string of the molecule is CC(O)c1cccn2cc(-c3ccc(C[C@@H](CCO)NC(=O)O)cc3)nc12. The zero-order valence-electron chi connectivity index (χ0n) is 15.0. The smallest absolute Gasteiger partial charge is 0.404 e. The second-order valence-corrected chi connectivity index (χ2v) is 6.56. The Hall–Kier alpha value is -2.90. The molecule has 7 heteroatoms. The Bertz CT molecular complexity index is 919. The molecular formula is C20H23N3O4. The molecule has 1 unspecified atom stereocenters. The van der Waals surface area contributed by atoms with E-state index in [1.165, 1.54) is 0 Å². The summed E-state index contributed by atoms with van der Waals surface area (Å²) in [6, 6.07) is 11.1. The Labute approximate surface area is 156 Å². The van der Waals surface area contributed by atoms with E-state index in [2.05, 4.69) is 10.3 Å². The van der Waals surface area contributed by atoms with Gasteiger partial charge in [-0.15, -0.1) is 0 Å². The largest absolute Gasteiger partial charge is 0.465 e. The molecule has 0 radical (unpaired) electrons. The summed E-state index contributed by atoms with van der Waals surface area (Å²) in [6.45, 7) is 1.64. The molecule has 0 saturated carbocycles. The molecular weight excluding hydrogens is 346 g/mol. The third kappa shape index (κ3) is 4.45. The van der Waals surface area contributed by atoms with Crippen molar-refractivity contribution in [1.29, 1.82) is 0 Å². The number of aliphatic hydroxyl groups excluding tert-OH is 2. The number of aliphatic hydroxyl groups is 2. The maximum Gasteiger partial charge on any atom is 0.404 e. The first-order valence-electron chi connectivity index (χ1n) is 8.83. The van der Waals surface area contributed by atoms with E-state index in [-0.39, 0.29) is 12.6 Å². The normalized spacial score (nSPS) is 13.4. The van der Waals surface area contributed by atoms with Crippen LogP contribution in [0.25, 0.3) is 16.9 Å². The van der Waals surface area contributed by atoms with Gasteiger partial charge in [-0.1, -0.05) is 30.3 Å². The quantitative estimate of drug-likeness (QED) is 0.512. The predicted molar refractivity (Wildman–Crippen MR) is 102 cm³/mol. The summed E-state index contributed by atoms with van der Waals surface area (Å²) >= 11 is 0. The molecule has 4 N–H and O–H groups in total. The summed E-state index contributed by atoms with van der Waals surface area (Å²) in [5.41, 5.74) is 4.20. The van der Waals surface area contributed by atoms with Crippen LogP contribution >= 0.6 is 0 Å². The second kappa shape index (κ2) is 8.20. The van der Waals surface area contributed by atoms with Crippen molar-refractivity contribution in [2.45, 2.75) is 31.9 Å². The third-order valence-electron chi connectivity index (χ3n) is 4.50. The molecule has 0 fully saturated rings. The first kappa shape index (κ1) is 18.9. The Morgan fingerprint density at radius 3 is 2.63 bits per heavy atom. The molecule has 2 atom stereocenters. The number of hydrogen-bond acceptors (Lipinski definition) is 4. The van der Waals surface area contributed by atoms with Crippen LogP contribution in [0.15, 0.2) is 48.8 Å². The summed E-state index contributed by atoms with van der Waals surface area (Å²) in [5.74, 6) is 0. The van der Waals surface area contributed by atoms with Crippen LogP contribution in [0.1, 0.15) is 30.6 Å². The number of carbonyl (C=O) groups is 1. The molecule has 1 amide bonds. The van der Waals surface area contributed by atoms with Crippen LogP contribution in [0, 0.1) is 0 Å². The molecule has 0 aliphatic heterocycles. The number of aromatic nitrogens is 2. The van der Waals surface area contributed by atoms with Crippen LogP contribution < -0.4 is 5.32 Å². The van der Waals surface area contributed by atoms with Gasteiger partial charge >= 0.3 is 6.09 Å². The average molecular weight is 369 g/mol. The van der Waals surface area contributed by atoms with E-state index in [9.17, 15) is 9.90 Å². The molecule has 0 aliphatic rings. The van der Waals surface area contributed by atoms with Crippen molar-refractivity contribution in [3.8, 4) is 11.3 Å². The number of carboxylic acid groups (broad SMARTS) is 1. The summed E-state index contributed by atoms with van der Waals surface area (Å²) in [5, 5.41) is 30.3. The van der Waals surface area contributed by atoms with Gasteiger partial charge in [0.25, 0.3) is 0 Å². The number of nitrogens with one attached hydrogen (secondary N) is 1. The summed E-state index contributed by atoms with van der Waals surface area (Å²) < 4.78 is 1.89. The lowest BCUT2D eigenvalue weighted by Crippen LogP contribution is -2.36. The van der Waals surface area contributed by atoms with Gasteiger partial charge in [-0.2, -0.15) is 0 Å². The lowest BCUT2D eigenvalue weighted by atomic mass is 10.0. The first-order valence-corrected chi connectivity index (χ1v) is 8.83. The number of rotatable bonds is 7. The fraction of sp³-hybridized carbons (Fsp3) is 0.300. The molecule has 1 aromatic carbocycles. The molecule has 2 aromatic heterocycles. The van der Waals surface area contributed by atoms with E-state index in [1.54, 1.807) is 6.92 Å². The Morgan fingerprint density at radius 1 is 1.26 bits per heavy atom. The van der Waals surface area contributed by atoms with Gasteiger partial charge in [0.05, 0.1) is 11.8 Å². The highest BCUT2D eigenvalue weighted by Gasteiger charge is 2.13. The van der Waals surface area contributed by atoms with Crippen LogP contribution in [0.5, 0.6) is 0 Å². The average Bonchev–Trinajstić information content (AvgIpc) is 3.06. The molecule has 7 nitrogen and oxygen atoms in total. The highest BCUT2D eigenvalue weighted by atomic mass is 16.4. The van der Waals surface area contributed by atoms with Gasteiger partial charge in [0, 0.05) is 36.2 Å². The first-order chi connectivity index (χ1) is 13.0. The van der Waals surface area contributed by atoms with Gasteiger partial charge in [-0.25, -0.2) is 9.78 Å². The highest BCUT2D eigenvalue weighted by Crippen LogP contribution is 2.24. The summed E-state index contributed by atoms with van der Waals surface area (Å²) in [6.07, 6.45) is 2.98. The van der Waals surface area contributed by atoms with Crippen LogP contribution in [0.3, 0.4) is 0 Å². The highest BCUT2D eigenvalue weighted by molar-refractivity contribution is 5.65. The van der Waals surface area contributed by atoms with Crippen molar-refractivity contribution in [2.75, 3.05) is 6.61 Å². The van der Waals surface area contributed by atoms with E-state index >= 15 is 0 Å². The summed E-state index contributed by atoms with van der Waals surface area (Å²) in [4.78, 5) is 15.5. The fourth-order valence-electron chi connectivity index (χ4n) is 3.15. The van der Waals surface area contributed by atoms with Crippen molar-refractivity contribution in [3.05, 3.63) is 59.9 Å². The zero-order valence-corrected chi connectivity index (χ0v) is 15.0. The lowest BCUT2D eigenvalue weighted by Gasteiger charge is -2.15. The van der Waals surface area contributed by atoms with Crippen molar-refractivity contribution in [3.63, 3.8) is 0 Å². The molecule has 0 spiro atoms. The van der Waals surface area contributed by atoms with Gasteiger partial charge in [0.2, 0.25) is 0 Å². The van der Waals surface area contributed by atoms with E-state index in [0.717, 1.165) is 28.0 Å². The number of hydrogen-bond donors (Lipinski definition) is 4. The van der Waals surface area contributed by atoms with E-state index in [0.29, 0.717) is 12.8 Å². The van der Waals surface area contributed by atoms with Gasteiger partial charge in [0.1, 0.15) is 5.65 Å². The van der Waals surface area contributed by atoms with Gasteiger partial charge in [0.15, 0.2) is 0 Å². The van der Waals surface area contributed by atoms with Crippen molar-refractivity contribution in [1.82, 2.24) is 14.7 Å². The number of nitrogens with zero attached hydrogens (tertiary/aromatic N) is 2. The fourth-order valence-corrected chi connectivity index (χ4v) is 3.15. The topological polar surface area (TPSA) is 107 Å². The number of amides is 1. The molecule has 27 heavy (non-hydrogen) atoms. The molecule has 0 aliphatic carbocycles. The van der Waals surface area contributed by atoms with Gasteiger partial charge < -0.3 is 25.0 Å². The van der Waals surface area contributed by atoms with E-state index in [1.807, 2.05) is 53.2 Å². The Morgan fingerprint density at radius 2 is 2.00 bits per heavy atom. The molecule has 3 rings (SSSR count). The van der Waals surface area contributed by atoms with Crippen molar-refractivity contribution < 1.29 is 20.1 Å². The Balaban J connectivity index is 1.82. The minimum Gasteiger partial charge on any atom is -0.465 e. The standard InChI is InChI=1S/C20H23N3O4/c1-13(25)17-3-2-9-23-12-18(22-19(17)23)15-6-4-14(5-7-15)11-16(8-10-24)21-20(26)27/h2-7,9,12-13,16,21,24-25H,8,10-11H2,1H3,(H,26,27)/t13?,16-/m1/s1. The predicted octanol–water partition coefficient (Wildman–Crippen LogP) is 2.62. The molecule has 0 saturated heterocycles. The number of benzene rings is 1. The van der Waals surface area contributed by atoms with Crippen LogP contribution in [-0.2, 0) is 6.42 Å². The van der Waals surface area contributed by atoms with Gasteiger partial charge in [-0.3, -0.25) is 0 Å². The van der Waals surface area contributed by atoms with Crippen LogP contribution in [0.2, 0.25) is 0 Å². The number of imidazole rings is 1. The molecule has 3 aromatic rings. The maximum atomic E-state index is 10.9. The summed E-state index contributed by atoms with van der Waals surface area (Å²) in [7, 11) is 0. The minimum atomic E-state index is -1.09. The molecule has 2 heterocycles.